The standard InChI is InChI=1S/C15H22N2OS.ClH/c1-19-14-7-5-11(6-8-14)10-17-15(18)12-3-2-4-13(16)9-12;/h5-8,12-13H,2-4,9-10,16H2,1H3,(H,17,18);1H. The van der Waals surface area contributed by atoms with Gasteiger partial charge in [-0.2, -0.15) is 0 Å². The zero-order valence-corrected chi connectivity index (χ0v) is 13.4. The van der Waals surface area contributed by atoms with Crippen molar-refractivity contribution < 1.29 is 4.79 Å². The molecule has 0 spiro atoms. The van der Waals surface area contributed by atoms with E-state index in [1.165, 1.54) is 4.90 Å². The van der Waals surface area contributed by atoms with Crippen LogP contribution in [0.15, 0.2) is 29.2 Å². The predicted molar refractivity (Wildman–Crippen MR) is 87.3 cm³/mol. The first-order chi connectivity index (χ1) is 9.19. The van der Waals surface area contributed by atoms with Crippen molar-refractivity contribution in [1.29, 1.82) is 0 Å². The molecule has 1 aromatic rings. The van der Waals surface area contributed by atoms with Gasteiger partial charge in [0.15, 0.2) is 0 Å². The third-order valence-electron chi connectivity index (χ3n) is 3.71. The summed E-state index contributed by atoms with van der Waals surface area (Å²) in [5.74, 6) is 0.262. The largest absolute Gasteiger partial charge is 0.352 e. The lowest BCUT2D eigenvalue weighted by Gasteiger charge is -2.25. The molecule has 3 nitrogen and oxygen atoms in total. The average Bonchev–Trinajstić information content (AvgIpc) is 2.45. The summed E-state index contributed by atoms with van der Waals surface area (Å²) in [5, 5.41) is 3.03. The van der Waals surface area contributed by atoms with Gasteiger partial charge in [-0.1, -0.05) is 18.6 Å². The number of thioether (sulfide) groups is 1. The van der Waals surface area contributed by atoms with Gasteiger partial charge in [-0.25, -0.2) is 0 Å². The molecule has 1 aliphatic carbocycles. The highest BCUT2D eigenvalue weighted by molar-refractivity contribution is 7.98. The smallest absolute Gasteiger partial charge is 0.223 e. The highest BCUT2D eigenvalue weighted by atomic mass is 35.5. The number of nitrogens with two attached hydrogens (primary N) is 1. The second-order valence-electron chi connectivity index (χ2n) is 5.19. The van der Waals surface area contributed by atoms with E-state index in [2.05, 4.69) is 35.8 Å². The van der Waals surface area contributed by atoms with Gasteiger partial charge in [0.2, 0.25) is 5.91 Å². The number of amides is 1. The molecule has 1 aliphatic rings. The van der Waals surface area contributed by atoms with Crippen LogP contribution in [-0.2, 0) is 11.3 Å². The van der Waals surface area contributed by atoms with E-state index in [9.17, 15) is 4.79 Å². The van der Waals surface area contributed by atoms with Gasteiger partial charge in [0.05, 0.1) is 0 Å². The van der Waals surface area contributed by atoms with Crippen molar-refractivity contribution in [1.82, 2.24) is 5.32 Å². The van der Waals surface area contributed by atoms with Crippen LogP contribution in [0, 0.1) is 5.92 Å². The molecule has 0 bridgehead atoms. The number of rotatable bonds is 4. The Balaban J connectivity index is 0.00000200. The minimum absolute atomic E-state index is 0. The van der Waals surface area contributed by atoms with E-state index in [1.807, 2.05) is 0 Å². The molecule has 1 amide bonds. The summed E-state index contributed by atoms with van der Waals surface area (Å²) in [6, 6.07) is 8.51. The van der Waals surface area contributed by atoms with Crippen LogP contribution < -0.4 is 11.1 Å². The Morgan fingerprint density at radius 2 is 2.05 bits per heavy atom. The number of nitrogens with one attached hydrogen (secondary N) is 1. The molecule has 2 atom stereocenters. The minimum Gasteiger partial charge on any atom is -0.352 e. The molecular weight excluding hydrogens is 292 g/mol. The van der Waals surface area contributed by atoms with E-state index in [0.29, 0.717) is 6.54 Å². The van der Waals surface area contributed by atoms with Crippen LogP contribution in [-0.4, -0.2) is 18.2 Å². The maximum Gasteiger partial charge on any atom is 0.223 e. The summed E-state index contributed by atoms with van der Waals surface area (Å²) >= 11 is 1.72. The third-order valence-corrected chi connectivity index (χ3v) is 4.45. The maximum absolute atomic E-state index is 12.1. The second kappa shape index (κ2) is 8.55. The quantitative estimate of drug-likeness (QED) is 0.840. The second-order valence-corrected chi connectivity index (χ2v) is 6.07. The lowest BCUT2D eigenvalue weighted by Crippen LogP contribution is -2.37. The molecule has 0 heterocycles. The maximum atomic E-state index is 12.1. The lowest BCUT2D eigenvalue weighted by molar-refractivity contribution is -0.126. The van der Waals surface area contributed by atoms with Crippen molar-refractivity contribution in [2.45, 2.75) is 43.2 Å². The van der Waals surface area contributed by atoms with E-state index in [1.54, 1.807) is 11.8 Å². The Morgan fingerprint density at radius 1 is 1.35 bits per heavy atom. The molecule has 5 heteroatoms. The topological polar surface area (TPSA) is 55.1 Å². The Bertz CT molecular complexity index is 424. The summed E-state index contributed by atoms with van der Waals surface area (Å²) < 4.78 is 0. The molecule has 2 rings (SSSR count). The lowest BCUT2D eigenvalue weighted by atomic mass is 9.85. The molecule has 0 radical (unpaired) electrons. The number of carbonyl (C=O) groups excluding carboxylic acids is 1. The van der Waals surface area contributed by atoms with Crippen molar-refractivity contribution >= 4 is 30.1 Å². The van der Waals surface area contributed by atoms with Crippen molar-refractivity contribution in [3.05, 3.63) is 29.8 Å². The first kappa shape index (κ1) is 17.3. The molecule has 1 fully saturated rings. The van der Waals surface area contributed by atoms with Crippen LogP contribution in [0.5, 0.6) is 0 Å². The van der Waals surface area contributed by atoms with Crippen LogP contribution in [0.3, 0.4) is 0 Å². The number of hydrogen-bond donors (Lipinski definition) is 2. The highest BCUT2D eigenvalue weighted by Gasteiger charge is 2.24. The summed E-state index contributed by atoms with van der Waals surface area (Å²) in [6.45, 7) is 0.610. The first-order valence-corrected chi connectivity index (χ1v) is 8.07. The van der Waals surface area contributed by atoms with E-state index in [0.717, 1.165) is 31.2 Å². The van der Waals surface area contributed by atoms with Gasteiger partial charge < -0.3 is 11.1 Å². The zero-order valence-electron chi connectivity index (χ0n) is 11.8. The Labute approximate surface area is 131 Å². The molecular formula is C15H23ClN2OS. The average molecular weight is 315 g/mol. The van der Waals surface area contributed by atoms with Crippen LogP contribution in [0.4, 0.5) is 0 Å². The molecule has 1 saturated carbocycles. The summed E-state index contributed by atoms with van der Waals surface area (Å²) in [4.78, 5) is 13.3. The fraction of sp³-hybridized carbons (Fsp3) is 0.533. The zero-order chi connectivity index (χ0) is 13.7. The minimum atomic E-state index is 0. The SMILES string of the molecule is CSc1ccc(CNC(=O)C2CCCC(N)C2)cc1.Cl. The highest BCUT2D eigenvalue weighted by Crippen LogP contribution is 2.23. The number of halogens is 1. The van der Waals surface area contributed by atoms with E-state index >= 15 is 0 Å². The van der Waals surface area contributed by atoms with E-state index in [4.69, 9.17) is 5.73 Å². The van der Waals surface area contributed by atoms with Gasteiger partial charge in [0.1, 0.15) is 0 Å². The fourth-order valence-electron chi connectivity index (χ4n) is 2.54. The molecule has 1 aromatic carbocycles. The van der Waals surface area contributed by atoms with Crippen molar-refractivity contribution in [2.24, 2.45) is 11.7 Å². The summed E-state index contributed by atoms with van der Waals surface area (Å²) in [5.41, 5.74) is 7.06. The van der Waals surface area contributed by atoms with Crippen LogP contribution >= 0.6 is 24.2 Å². The van der Waals surface area contributed by atoms with Crippen LogP contribution in [0.25, 0.3) is 0 Å². The normalized spacial score (nSPS) is 21.9. The first-order valence-electron chi connectivity index (χ1n) is 6.85. The molecule has 0 saturated heterocycles. The van der Waals surface area contributed by atoms with Crippen molar-refractivity contribution in [2.75, 3.05) is 6.26 Å². The molecule has 0 aromatic heterocycles. The fourth-order valence-corrected chi connectivity index (χ4v) is 2.95. The van der Waals surface area contributed by atoms with Gasteiger partial charge in [-0.15, -0.1) is 24.2 Å². The Morgan fingerprint density at radius 3 is 2.65 bits per heavy atom. The number of carbonyl (C=O) groups is 1. The number of hydrogen-bond acceptors (Lipinski definition) is 3. The van der Waals surface area contributed by atoms with Gasteiger partial charge in [-0.05, 0) is 43.2 Å². The third kappa shape index (κ3) is 5.00. The van der Waals surface area contributed by atoms with Crippen molar-refractivity contribution in [3.63, 3.8) is 0 Å². The monoisotopic (exact) mass is 314 g/mol. The molecule has 3 N–H and O–H groups in total. The molecule has 2 unspecified atom stereocenters. The van der Waals surface area contributed by atoms with Gasteiger partial charge in [0, 0.05) is 23.4 Å². The number of benzene rings is 1. The van der Waals surface area contributed by atoms with Gasteiger partial charge in [0.25, 0.3) is 0 Å². The Kier molecular flexibility index (Phi) is 7.41. The molecule has 20 heavy (non-hydrogen) atoms. The molecule has 112 valence electrons. The van der Waals surface area contributed by atoms with Gasteiger partial charge >= 0.3 is 0 Å². The van der Waals surface area contributed by atoms with Crippen molar-refractivity contribution in [3.8, 4) is 0 Å². The summed E-state index contributed by atoms with van der Waals surface area (Å²) in [6.07, 6.45) is 5.99. The van der Waals surface area contributed by atoms with Crippen LogP contribution in [0.2, 0.25) is 0 Å². The van der Waals surface area contributed by atoms with E-state index in [-0.39, 0.29) is 30.3 Å². The molecule has 0 aliphatic heterocycles. The van der Waals surface area contributed by atoms with E-state index < -0.39 is 0 Å². The predicted octanol–water partition coefficient (Wildman–Crippen LogP) is 2.96. The van der Waals surface area contributed by atoms with Gasteiger partial charge in [-0.3, -0.25) is 4.79 Å². The Hall–Kier alpha value is -0.710. The summed E-state index contributed by atoms with van der Waals surface area (Å²) in [7, 11) is 0. The van der Waals surface area contributed by atoms with Crippen LogP contribution in [0.1, 0.15) is 31.2 Å².